The second-order valence-corrected chi connectivity index (χ2v) is 4.77. The van der Waals surface area contributed by atoms with Crippen molar-refractivity contribution < 1.29 is 19.0 Å². The zero-order chi connectivity index (χ0) is 15.8. The molecule has 2 aromatic carbocycles. The zero-order valence-corrected chi connectivity index (χ0v) is 12.9. The van der Waals surface area contributed by atoms with Gasteiger partial charge in [0.25, 0.3) is 0 Å². The molecule has 0 N–H and O–H groups in total. The lowest BCUT2D eigenvalue weighted by atomic mass is 10.2. The predicted octanol–water partition coefficient (Wildman–Crippen LogP) is 4.09. The highest BCUT2D eigenvalue weighted by Gasteiger charge is 2.11. The molecule has 0 fully saturated rings. The van der Waals surface area contributed by atoms with Gasteiger partial charge < -0.3 is 14.2 Å². The fourth-order valence-corrected chi connectivity index (χ4v) is 1.88. The second kappa shape index (κ2) is 8.08. The van der Waals surface area contributed by atoms with Crippen LogP contribution in [0.25, 0.3) is 0 Å². The summed E-state index contributed by atoms with van der Waals surface area (Å²) in [7, 11) is 1.54. The van der Waals surface area contributed by atoms with Crippen LogP contribution in [0, 0.1) is 0 Å². The first-order chi connectivity index (χ1) is 10.7. The first-order valence-electron chi connectivity index (χ1n) is 7.32. The smallest absolute Gasteiger partial charge is 0.343 e. The molecule has 22 heavy (non-hydrogen) atoms. The van der Waals surface area contributed by atoms with E-state index in [0.29, 0.717) is 23.7 Å². The molecule has 0 aliphatic rings. The van der Waals surface area contributed by atoms with E-state index in [2.05, 4.69) is 6.92 Å². The van der Waals surface area contributed by atoms with Gasteiger partial charge in [-0.2, -0.15) is 0 Å². The SMILES string of the molecule is CCCCOc1ccc(C(=O)Oc2ccccc2OC)cc1. The third-order valence-electron chi connectivity index (χ3n) is 3.13. The van der Waals surface area contributed by atoms with Crippen molar-refractivity contribution in [3.63, 3.8) is 0 Å². The van der Waals surface area contributed by atoms with Crippen LogP contribution in [0.4, 0.5) is 0 Å². The molecule has 0 spiro atoms. The van der Waals surface area contributed by atoms with Crippen molar-refractivity contribution >= 4 is 5.97 Å². The van der Waals surface area contributed by atoms with Crippen LogP contribution in [0.5, 0.6) is 17.2 Å². The Morgan fingerprint density at radius 3 is 2.32 bits per heavy atom. The molecule has 0 atom stereocenters. The van der Waals surface area contributed by atoms with Gasteiger partial charge in [0.05, 0.1) is 19.3 Å². The summed E-state index contributed by atoms with van der Waals surface area (Å²) in [6.45, 7) is 2.79. The van der Waals surface area contributed by atoms with E-state index in [0.717, 1.165) is 18.6 Å². The summed E-state index contributed by atoms with van der Waals surface area (Å²) >= 11 is 0. The average molecular weight is 300 g/mol. The van der Waals surface area contributed by atoms with Crippen LogP contribution in [0.3, 0.4) is 0 Å². The maximum absolute atomic E-state index is 12.1. The Bertz CT molecular complexity index is 605. The van der Waals surface area contributed by atoms with Crippen molar-refractivity contribution in [2.75, 3.05) is 13.7 Å². The lowest BCUT2D eigenvalue weighted by Crippen LogP contribution is -2.09. The van der Waals surface area contributed by atoms with Gasteiger partial charge in [-0.25, -0.2) is 4.79 Å². The highest BCUT2D eigenvalue weighted by atomic mass is 16.6. The third kappa shape index (κ3) is 4.25. The second-order valence-electron chi connectivity index (χ2n) is 4.77. The molecule has 0 aliphatic heterocycles. The third-order valence-corrected chi connectivity index (χ3v) is 3.13. The van der Waals surface area contributed by atoms with Gasteiger partial charge in [-0.05, 0) is 42.8 Å². The highest BCUT2D eigenvalue weighted by molar-refractivity contribution is 5.91. The van der Waals surface area contributed by atoms with Gasteiger partial charge in [-0.1, -0.05) is 25.5 Å². The number of rotatable bonds is 7. The van der Waals surface area contributed by atoms with Crippen LogP contribution in [0.1, 0.15) is 30.1 Å². The van der Waals surface area contributed by atoms with Crippen molar-refractivity contribution in [2.24, 2.45) is 0 Å². The van der Waals surface area contributed by atoms with E-state index >= 15 is 0 Å². The number of unbranched alkanes of at least 4 members (excludes halogenated alkanes) is 1. The Hall–Kier alpha value is -2.49. The fraction of sp³-hybridized carbons (Fsp3) is 0.278. The standard InChI is InChI=1S/C18H20O4/c1-3-4-13-21-15-11-9-14(10-12-15)18(19)22-17-8-6-5-7-16(17)20-2/h5-12H,3-4,13H2,1-2H3. The molecule has 2 aromatic rings. The van der Waals surface area contributed by atoms with E-state index in [4.69, 9.17) is 14.2 Å². The Labute approximate surface area is 130 Å². The number of ether oxygens (including phenoxy) is 3. The minimum Gasteiger partial charge on any atom is -0.494 e. The number of esters is 1. The van der Waals surface area contributed by atoms with Gasteiger partial charge >= 0.3 is 5.97 Å². The Balaban J connectivity index is 2.00. The maximum atomic E-state index is 12.1. The lowest BCUT2D eigenvalue weighted by molar-refractivity contribution is 0.0729. The summed E-state index contributed by atoms with van der Waals surface area (Å²) in [5.74, 6) is 1.25. The Morgan fingerprint density at radius 2 is 1.68 bits per heavy atom. The van der Waals surface area contributed by atoms with Gasteiger partial charge in [0.15, 0.2) is 11.5 Å². The van der Waals surface area contributed by atoms with Crippen LogP contribution < -0.4 is 14.2 Å². The van der Waals surface area contributed by atoms with Crippen LogP contribution in [-0.4, -0.2) is 19.7 Å². The summed E-state index contributed by atoms with van der Waals surface area (Å²) in [6, 6.07) is 14.0. The van der Waals surface area contributed by atoms with Crippen molar-refractivity contribution in [1.82, 2.24) is 0 Å². The molecule has 2 rings (SSSR count). The molecule has 0 amide bonds. The number of carbonyl (C=O) groups excluding carboxylic acids is 1. The molecule has 0 radical (unpaired) electrons. The molecule has 0 aromatic heterocycles. The van der Waals surface area contributed by atoms with Gasteiger partial charge in [-0.3, -0.25) is 0 Å². The summed E-state index contributed by atoms with van der Waals surface area (Å²) in [6.07, 6.45) is 2.10. The van der Waals surface area contributed by atoms with Gasteiger partial charge in [-0.15, -0.1) is 0 Å². The molecule has 0 saturated heterocycles. The van der Waals surface area contributed by atoms with E-state index < -0.39 is 5.97 Å². The molecule has 0 heterocycles. The molecule has 4 heteroatoms. The zero-order valence-electron chi connectivity index (χ0n) is 12.9. The molecule has 0 aliphatic carbocycles. The molecule has 116 valence electrons. The molecular formula is C18H20O4. The highest BCUT2D eigenvalue weighted by Crippen LogP contribution is 2.26. The number of benzene rings is 2. The number of methoxy groups -OCH3 is 1. The van der Waals surface area contributed by atoms with Crippen LogP contribution >= 0.6 is 0 Å². The molecule has 0 saturated carbocycles. The Kier molecular flexibility index (Phi) is 5.83. The molecule has 4 nitrogen and oxygen atoms in total. The summed E-state index contributed by atoms with van der Waals surface area (Å²) in [5.41, 5.74) is 0.466. The van der Waals surface area contributed by atoms with Crippen LogP contribution in [0.2, 0.25) is 0 Å². The van der Waals surface area contributed by atoms with Crippen LogP contribution in [-0.2, 0) is 0 Å². The number of hydrogen-bond donors (Lipinski definition) is 0. The van der Waals surface area contributed by atoms with Gasteiger partial charge in [0.2, 0.25) is 0 Å². The van der Waals surface area contributed by atoms with E-state index in [1.807, 2.05) is 6.07 Å². The minimum atomic E-state index is -0.426. The topological polar surface area (TPSA) is 44.8 Å². The van der Waals surface area contributed by atoms with Crippen molar-refractivity contribution in [2.45, 2.75) is 19.8 Å². The van der Waals surface area contributed by atoms with Crippen molar-refractivity contribution in [3.05, 3.63) is 54.1 Å². The van der Waals surface area contributed by atoms with Gasteiger partial charge in [0, 0.05) is 0 Å². The molecule has 0 unspecified atom stereocenters. The maximum Gasteiger partial charge on any atom is 0.343 e. The normalized spacial score (nSPS) is 10.1. The van der Waals surface area contributed by atoms with E-state index in [1.54, 1.807) is 42.5 Å². The Morgan fingerprint density at radius 1 is 1.00 bits per heavy atom. The van der Waals surface area contributed by atoms with Gasteiger partial charge in [0.1, 0.15) is 5.75 Å². The first-order valence-corrected chi connectivity index (χ1v) is 7.32. The first kappa shape index (κ1) is 15.9. The summed E-state index contributed by atoms with van der Waals surface area (Å²) < 4.78 is 16.1. The lowest BCUT2D eigenvalue weighted by Gasteiger charge is -2.09. The average Bonchev–Trinajstić information content (AvgIpc) is 2.56. The fourth-order valence-electron chi connectivity index (χ4n) is 1.88. The monoisotopic (exact) mass is 300 g/mol. The summed E-state index contributed by atoms with van der Waals surface area (Å²) in [5, 5.41) is 0. The largest absolute Gasteiger partial charge is 0.494 e. The summed E-state index contributed by atoms with van der Waals surface area (Å²) in [4.78, 5) is 12.1. The van der Waals surface area contributed by atoms with E-state index in [9.17, 15) is 4.79 Å². The number of carbonyl (C=O) groups is 1. The van der Waals surface area contributed by atoms with E-state index in [1.165, 1.54) is 7.11 Å². The van der Waals surface area contributed by atoms with Crippen LogP contribution in [0.15, 0.2) is 48.5 Å². The molecule has 0 bridgehead atoms. The predicted molar refractivity (Wildman–Crippen MR) is 84.8 cm³/mol. The van der Waals surface area contributed by atoms with Crippen molar-refractivity contribution in [3.8, 4) is 17.2 Å². The minimum absolute atomic E-state index is 0.401. The molecular weight excluding hydrogens is 280 g/mol. The quantitative estimate of drug-likeness (QED) is 0.439. The number of hydrogen-bond acceptors (Lipinski definition) is 4. The van der Waals surface area contributed by atoms with Crippen molar-refractivity contribution in [1.29, 1.82) is 0 Å². The number of para-hydroxylation sites is 2. The van der Waals surface area contributed by atoms with E-state index in [-0.39, 0.29) is 0 Å².